The molecule has 24 heavy (non-hydrogen) atoms. The van der Waals surface area contributed by atoms with Gasteiger partial charge in [0, 0.05) is 25.2 Å². The van der Waals surface area contributed by atoms with Gasteiger partial charge in [-0.3, -0.25) is 9.36 Å². The van der Waals surface area contributed by atoms with Gasteiger partial charge in [-0.25, -0.2) is 9.18 Å². The Labute approximate surface area is 143 Å². The SMILES string of the molecule is Cl.NC1CCN(c2cc3c(cc2F)c(=O)n(N)c(=O)n3C2CC2)C1. The van der Waals surface area contributed by atoms with Crippen molar-refractivity contribution in [2.24, 2.45) is 5.73 Å². The Hall–Kier alpha value is -2.06. The predicted octanol–water partition coefficient (Wildman–Crippen LogP) is 0.310. The van der Waals surface area contributed by atoms with E-state index in [1.807, 2.05) is 4.90 Å². The molecule has 1 aromatic carbocycles. The van der Waals surface area contributed by atoms with Gasteiger partial charge in [0.25, 0.3) is 5.56 Å². The van der Waals surface area contributed by atoms with Crippen molar-refractivity contribution in [3.63, 3.8) is 0 Å². The van der Waals surface area contributed by atoms with Gasteiger partial charge >= 0.3 is 5.69 Å². The Morgan fingerprint density at radius 1 is 1.17 bits per heavy atom. The van der Waals surface area contributed by atoms with Gasteiger partial charge in [0.1, 0.15) is 5.82 Å². The third kappa shape index (κ3) is 2.46. The fourth-order valence-electron chi connectivity index (χ4n) is 3.29. The quantitative estimate of drug-likeness (QED) is 0.755. The highest BCUT2D eigenvalue weighted by molar-refractivity contribution is 5.85. The molecule has 130 valence electrons. The fourth-order valence-corrected chi connectivity index (χ4v) is 3.29. The Bertz CT molecular complexity index is 921. The Morgan fingerprint density at radius 3 is 2.46 bits per heavy atom. The normalized spacial score (nSPS) is 20.4. The summed E-state index contributed by atoms with van der Waals surface area (Å²) in [5.74, 6) is 5.07. The molecule has 0 bridgehead atoms. The minimum absolute atomic E-state index is 0. The first-order valence-corrected chi connectivity index (χ1v) is 7.74. The summed E-state index contributed by atoms with van der Waals surface area (Å²) < 4.78 is 16.6. The lowest BCUT2D eigenvalue weighted by Crippen LogP contribution is -2.44. The molecule has 4 rings (SSSR count). The van der Waals surface area contributed by atoms with Crippen molar-refractivity contribution >= 4 is 29.0 Å². The van der Waals surface area contributed by atoms with Crippen LogP contribution in [0, 0.1) is 5.82 Å². The zero-order valence-corrected chi connectivity index (χ0v) is 13.8. The number of nitrogens with two attached hydrogens (primary N) is 2. The van der Waals surface area contributed by atoms with E-state index in [0.29, 0.717) is 29.0 Å². The van der Waals surface area contributed by atoms with Crippen molar-refractivity contribution in [1.29, 1.82) is 0 Å². The molecular formula is C15H19ClFN5O2. The Morgan fingerprint density at radius 2 is 1.88 bits per heavy atom. The van der Waals surface area contributed by atoms with E-state index in [2.05, 4.69) is 0 Å². The van der Waals surface area contributed by atoms with Crippen LogP contribution in [0.1, 0.15) is 25.3 Å². The molecule has 2 aromatic rings. The van der Waals surface area contributed by atoms with E-state index in [1.54, 1.807) is 6.07 Å². The van der Waals surface area contributed by atoms with Gasteiger partial charge in [-0.2, -0.15) is 4.68 Å². The number of nitrogens with zero attached hydrogens (tertiary/aromatic N) is 3. The molecule has 1 aliphatic carbocycles. The number of anilines is 1. The lowest BCUT2D eigenvalue weighted by atomic mass is 10.2. The van der Waals surface area contributed by atoms with Crippen molar-refractivity contribution in [2.45, 2.75) is 31.3 Å². The highest BCUT2D eigenvalue weighted by Crippen LogP contribution is 2.36. The van der Waals surface area contributed by atoms with E-state index in [0.717, 1.165) is 19.3 Å². The number of aromatic nitrogens is 2. The number of halogens is 2. The van der Waals surface area contributed by atoms with Crippen LogP contribution in [-0.2, 0) is 0 Å². The zero-order chi connectivity index (χ0) is 16.3. The third-order valence-electron chi connectivity index (χ3n) is 4.66. The van der Waals surface area contributed by atoms with E-state index in [1.165, 1.54) is 10.6 Å². The van der Waals surface area contributed by atoms with E-state index in [9.17, 15) is 14.0 Å². The van der Waals surface area contributed by atoms with Crippen molar-refractivity contribution < 1.29 is 4.39 Å². The highest BCUT2D eigenvalue weighted by atomic mass is 35.5. The molecule has 0 spiro atoms. The van der Waals surface area contributed by atoms with E-state index < -0.39 is 17.1 Å². The molecule has 2 heterocycles. The maximum absolute atomic E-state index is 14.5. The van der Waals surface area contributed by atoms with Crippen LogP contribution < -0.4 is 27.7 Å². The summed E-state index contributed by atoms with van der Waals surface area (Å²) in [5.41, 5.74) is 5.49. The third-order valence-corrected chi connectivity index (χ3v) is 4.66. The second kappa shape index (κ2) is 5.78. The second-order valence-corrected chi connectivity index (χ2v) is 6.37. The summed E-state index contributed by atoms with van der Waals surface area (Å²) in [7, 11) is 0. The first-order chi connectivity index (χ1) is 11.0. The topological polar surface area (TPSA) is 99.3 Å². The molecule has 7 nitrogen and oxygen atoms in total. The average Bonchev–Trinajstić information content (AvgIpc) is 3.26. The van der Waals surface area contributed by atoms with Crippen molar-refractivity contribution in [3.8, 4) is 0 Å². The number of benzene rings is 1. The summed E-state index contributed by atoms with van der Waals surface area (Å²) in [5, 5.41) is 0.128. The van der Waals surface area contributed by atoms with Crippen LogP contribution in [0.5, 0.6) is 0 Å². The number of hydrogen-bond acceptors (Lipinski definition) is 5. The lowest BCUT2D eigenvalue weighted by molar-refractivity contribution is 0.620. The maximum Gasteiger partial charge on any atom is 0.350 e. The molecule has 1 unspecified atom stereocenters. The summed E-state index contributed by atoms with van der Waals surface area (Å²) >= 11 is 0. The average molecular weight is 356 g/mol. The van der Waals surface area contributed by atoms with Gasteiger partial charge in [-0.15, -0.1) is 12.4 Å². The standard InChI is InChI=1S/C15H18FN5O2.ClH/c16-11-5-10-12(6-13(11)19-4-3-8(17)7-19)20(9-1-2-9)15(23)21(18)14(10)22;/h5-6,8-9H,1-4,7,17-18H2;1H. The van der Waals surface area contributed by atoms with E-state index in [-0.39, 0.29) is 29.9 Å². The number of fused-ring (bicyclic) bond motifs is 1. The first kappa shape index (κ1) is 16.8. The van der Waals surface area contributed by atoms with Crippen LogP contribution in [-0.4, -0.2) is 28.4 Å². The number of nitrogen functional groups attached to an aromatic ring is 1. The minimum Gasteiger partial charge on any atom is -0.367 e. The Kier molecular flexibility index (Phi) is 4.05. The largest absolute Gasteiger partial charge is 0.367 e. The predicted molar refractivity (Wildman–Crippen MR) is 92.9 cm³/mol. The smallest absolute Gasteiger partial charge is 0.350 e. The highest BCUT2D eigenvalue weighted by Gasteiger charge is 2.30. The first-order valence-electron chi connectivity index (χ1n) is 7.74. The molecule has 2 fully saturated rings. The van der Waals surface area contributed by atoms with Gasteiger partial charge in [0.15, 0.2) is 0 Å². The van der Waals surface area contributed by atoms with Gasteiger partial charge < -0.3 is 16.5 Å². The van der Waals surface area contributed by atoms with Crippen molar-refractivity contribution in [1.82, 2.24) is 9.24 Å². The molecule has 9 heteroatoms. The van der Waals surface area contributed by atoms with Crippen LogP contribution in [0.2, 0.25) is 0 Å². The monoisotopic (exact) mass is 355 g/mol. The molecule has 4 N–H and O–H groups in total. The molecule has 2 aliphatic rings. The second-order valence-electron chi connectivity index (χ2n) is 6.37. The van der Waals surface area contributed by atoms with E-state index >= 15 is 0 Å². The van der Waals surface area contributed by atoms with Gasteiger partial charge in [-0.05, 0) is 31.4 Å². The van der Waals surface area contributed by atoms with Gasteiger partial charge in [0.2, 0.25) is 0 Å². The number of rotatable bonds is 2. The summed E-state index contributed by atoms with van der Waals surface area (Å²) in [6.07, 6.45) is 2.50. The van der Waals surface area contributed by atoms with Gasteiger partial charge in [-0.1, -0.05) is 0 Å². The molecule has 1 aliphatic heterocycles. The van der Waals surface area contributed by atoms with Gasteiger partial charge in [0.05, 0.1) is 16.6 Å². The molecule has 0 radical (unpaired) electrons. The van der Waals surface area contributed by atoms with Crippen LogP contribution in [0.4, 0.5) is 10.1 Å². The van der Waals surface area contributed by atoms with Crippen LogP contribution in [0.15, 0.2) is 21.7 Å². The van der Waals surface area contributed by atoms with E-state index in [4.69, 9.17) is 11.6 Å². The summed E-state index contributed by atoms with van der Waals surface area (Å²) in [6, 6.07) is 2.80. The Balaban J connectivity index is 0.00000169. The molecule has 1 saturated heterocycles. The molecule has 1 saturated carbocycles. The lowest BCUT2D eigenvalue weighted by Gasteiger charge is -2.20. The fraction of sp³-hybridized carbons (Fsp3) is 0.467. The zero-order valence-electron chi connectivity index (χ0n) is 12.9. The van der Waals surface area contributed by atoms with Crippen LogP contribution in [0.3, 0.4) is 0 Å². The van der Waals surface area contributed by atoms with Crippen molar-refractivity contribution in [2.75, 3.05) is 23.8 Å². The van der Waals surface area contributed by atoms with Crippen LogP contribution in [0.25, 0.3) is 10.9 Å². The molecule has 0 amide bonds. The van der Waals surface area contributed by atoms with Crippen LogP contribution >= 0.6 is 12.4 Å². The maximum atomic E-state index is 14.5. The molecular weight excluding hydrogens is 337 g/mol. The molecule has 1 aromatic heterocycles. The van der Waals surface area contributed by atoms with Crippen molar-refractivity contribution in [3.05, 3.63) is 38.8 Å². The summed E-state index contributed by atoms with van der Waals surface area (Å²) in [6.45, 7) is 1.22. The number of hydrogen-bond donors (Lipinski definition) is 2. The molecule has 1 atom stereocenters. The minimum atomic E-state index is -0.675. The summed E-state index contributed by atoms with van der Waals surface area (Å²) in [4.78, 5) is 26.4.